The predicted octanol–water partition coefficient (Wildman–Crippen LogP) is 1.63. The second kappa shape index (κ2) is 13.2. The van der Waals surface area contributed by atoms with Gasteiger partial charge in [0.2, 0.25) is 11.5 Å². The van der Waals surface area contributed by atoms with Crippen LogP contribution in [0.5, 0.6) is 11.5 Å². The van der Waals surface area contributed by atoms with E-state index in [4.69, 9.17) is 18.7 Å². The minimum atomic E-state index is -2.83. The van der Waals surface area contributed by atoms with Gasteiger partial charge in [-0.25, -0.2) is 9.59 Å². The van der Waals surface area contributed by atoms with Crippen LogP contribution in [0.25, 0.3) is 10.4 Å². The van der Waals surface area contributed by atoms with Crippen molar-refractivity contribution in [3.63, 3.8) is 0 Å². The van der Waals surface area contributed by atoms with Gasteiger partial charge in [-0.3, -0.25) is 18.9 Å². The molecular weight excluding hydrogens is 587 g/mol. The number of ether oxygens (including phenoxy) is 3. The number of hydrogen-bond acceptors (Lipinski definition) is 12. The third-order valence-electron chi connectivity index (χ3n) is 6.25. The van der Waals surface area contributed by atoms with Crippen molar-refractivity contribution in [2.45, 2.75) is 50.2 Å². The Morgan fingerprint density at radius 3 is 2.51 bits per heavy atom. The highest BCUT2D eigenvalue weighted by atomic mass is 31.1. The SMILES string of the molecule is CC(C)(N=[P+]([O-])Oc1ccccc1OC[C@@]1(N=[N+]=[N-])O[C@@H](n2ccc(=O)[nH]c2=O)[C@H](O)[C@@H]1O)C(=O)OCc1ccccc1. The van der Waals surface area contributed by atoms with Crippen LogP contribution in [0.15, 0.2) is 86.3 Å². The first-order valence-corrected chi connectivity index (χ1v) is 13.8. The van der Waals surface area contributed by atoms with Crippen molar-refractivity contribution in [1.29, 1.82) is 0 Å². The number of hydrogen-bond donors (Lipinski definition) is 3. The average Bonchev–Trinajstić information content (AvgIpc) is 3.21. The first kappa shape index (κ1) is 31.4. The molecule has 0 amide bonds. The fourth-order valence-corrected chi connectivity index (χ4v) is 4.85. The van der Waals surface area contributed by atoms with E-state index in [0.29, 0.717) is 0 Å². The quantitative estimate of drug-likeness (QED) is 0.0928. The third-order valence-corrected chi connectivity index (χ3v) is 7.26. The third kappa shape index (κ3) is 7.27. The molecule has 226 valence electrons. The number of H-pyrrole nitrogens is 1. The zero-order valence-electron chi connectivity index (χ0n) is 22.8. The van der Waals surface area contributed by atoms with E-state index in [2.05, 4.69) is 14.8 Å². The Balaban J connectivity index is 1.49. The fraction of sp³-hybridized carbons (Fsp3) is 0.346. The minimum Gasteiger partial charge on any atom is -0.575 e. The molecule has 0 aliphatic carbocycles. The van der Waals surface area contributed by atoms with Gasteiger partial charge in [0, 0.05) is 17.2 Å². The molecule has 0 bridgehead atoms. The summed E-state index contributed by atoms with van der Waals surface area (Å²) in [6.45, 7) is 2.13. The first-order valence-electron chi connectivity index (χ1n) is 12.7. The summed E-state index contributed by atoms with van der Waals surface area (Å²) in [5, 5.41) is 24.9. The van der Waals surface area contributed by atoms with E-state index < -0.39 is 61.7 Å². The zero-order chi connectivity index (χ0) is 31.2. The number of azide groups is 1. The number of aromatic nitrogens is 2. The van der Waals surface area contributed by atoms with Crippen molar-refractivity contribution < 1.29 is 38.6 Å². The largest absolute Gasteiger partial charge is 0.575 e. The molecule has 1 fully saturated rings. The number of aromatic amines is 1. The minimum absolute atomic E-state index is 0.000185. The molecule has 16 nitrogen and oxygen atoms in total. The van der Waals surface area contributed by atoms with Crippen molar-refractivity contribution >= 4 is 14.1 Å². The topological polar surface area (TPSA) is 233 Å². The number of rotatable bonds is 11. The second-order valence-corrected chi connectivity index (χ2v) is 10.6. The first-order chi connectivity index (χ1) is 20.5. The van der Waals surface area contributed by atoms with Gasteiger partial charge >= 0.3 is 19.8 Å². The number of carbonyl (C=O) groups is 1. The number of aliphatic hydroxyl groups is 2. The Hall–Kier alpha value is -4.56. The van der Waals surface area contributed by atoms with Gasteiger partial charge in [0.25, 0.3) is 5.56 Å². The van der Waals surface area contributed by atoms with E-state index in [1.54, 1.807) is 30.3 Å². The van der Waals surface area contributed by atoms with Crippen LogP contribution >= 0.6 is 8.17 Å². The number of benzene rings is 2. The fourth-order valence-electron chi connectivity index (χ4n) is 4.00. The molecule has 4 rings (SSSR count). The number of nitrogens with zero attached hydrogens (tertiary/aromatic N) is 5. The van der Waals surface area contributed by atoms with Crippen LogP contribution in [-0.4, -0.2) is 55.8 Å². The van der Waals surface area contributed by atoms with Gasteiger partial charge in [-0.1, -0.05) is 52.3 Å². The number of carbonyl (C=O) groups excluding carboxylic acids is 1. The molecule has 3 N–H and O–H groups in total. The molecule has 5 atom stereocenters. The lowest BCUT2D eigenvalue weighted by Crippen LogP contribution is -2.46. The highest BCUT2D eigenvalue weighted by Crippen LogP contribution is 2.40. The van der Waals surface area contributed by atoms with Gasteiger partial charge in [-0.2, -0.15) is 0 Å². The molecule has 1 aliphatic heterocycles. The molecule has 1 unspecified atom stereocenters. The lowest BCUT2D eigenvalue weighted by atomic mass is 10.1. The summed E-state index contributed by atoms with van der Waals surface area (Å²) in [6.07, 6.45) is -4.18. The van der Waals surface area contributed by atoms with E-state index in [1.807, 2.05) is 11.1 Å². The Labute approximate surface area is 244 Å². The van der Waals surface area contributed by atoms with Crippen LogP contribution in [0, 0.1) is 0 Å². The molecule has 2 heterocycles. The maximum absolute atomic E-state index is 12.8. The summed E-state index contributed by atoms with van der Waals surface area (Å²) in [4.78, 5) is 53.7. The normalized spacial score (nSPS) is 22.0. The Morgan fingerprint density at radius 1 is 1.16 bits per heavy atom. The van der Waals surface area contributed by atoms with Gasteiger partial charge in [0.1, 0.15) is 25.4 Å². The number of para-hydroxylation sites is 2. The van der Waals surface area contributed by atoms with Crippen molar-refractivity contribution in [3.8, 4) is 11.5 Å². The molecule has 17 heteroatoms. The lowest BCUT2D eigenvalue weighted by Gasteiger charge is -2.26. The van der Waals surface area contributed by atoms with Crippen LogP contribution < -0.4 is 25.4 Å². The van der Waals surface area contributed by atoms with Gasteiger partial charge in [0.15, 0.2) is 17.5 Å². The Bertz CT molecular complexity index is 1660. The molecule has 43 heavy (non-hydrogen) atoms. The second-order valence-electron chi connectivity index (χ2n) is 9.78. The highest BCUT2D eigenvalue weighted by molar-refractivity contribution is 7.34. The summed E-state index contributed by atoms with van der Waals surface area (Å²) < 4.78 is 26.8. The monoisotopic (exact) mass is 614 g/mol. The highest BCUT2D eigenvalue weighted by Gasteiger charge is 2.56. The van der Waals surface area contributed by atoms with E-state index >= 15 is 0 Å². The molecule has 0 saturated carbocycles. The predicted molar refractivity (Wildman–Crippen MR) is 148 cm³/mol. The van der Waals surface area contributed by atoms with Gasteiger partial charge in [-0.05, 0) is 37.1 Å². The Kier molecular flexibility index (Phi) is 9.61. The van der Waals surface area contributed by atoms with Crippen LogP contribution in [0.3, 0.4) is 0 Å². The van der Waals surface area contributed by atoms with E-state index in [0.717, 1.165) is 22.4 Å². The molecule has 1 aromatic heterocycles. The van der Waals surface area contributed by atoms with Gasteiger partial charge in [0.05, 0.1) is 0 Å². The number of esters is 1. The van der Waals surface area contributed by atoms with Gasteiger partial charge in [-0.15, -0.1) is 0 Å². The van der Waals surface area contributed by atoms with Crippen molar-refractivity contribution in [1.82, 2.24) is 9.55 Å². The maximum Gasteiger partial charge on any atom is 0.395 e. The summed E-state index contributed by atoms with van der Waals surface area (Å²) in [7, 11) is -2.83. The van der Waals surface area contributed by atoms with Crippen molar-refractivity contribution in [3.05, 3.63) is 104 Å². The van der Waals surface area contributed by atoms with Crippen LogP contribution in [0.2, 0.25) is 0 Å². The molecule has 2 aromatic carbocycles. The van der Waals surface area contributed by atoms with Gasteiger partial charge < -0.3 is 29.3 Å². The molecule has 1 saturated heterocycles. The standard InChI is InChI=1S/C26H27N6O10P/c1-25(2,23(36)39-14-16-8-4-3-5-9-16)30-43(38)42-18-11-7-6-10-17(18)40-15-26(29-31-27)21(35)20(34)22(41-26)32-13-12-19(33)28-24(32)37/h3-13,20-22,34-35H,14-15H2,1-2H3,(H,28,33,37)/t20-,21+,22-,26-/m1/s1. The molecule has 1 aliphatic rings. The zero-order valence-corrected chi connectivity index (χ0v) is 23.7. The molecular formula is C26H27N6O10P. The van der Waals surface area contributed by atoms with Crippen LogP contribution in [-0.2, 0) is 20.9 Å². The maximum atomic E-state index is 12.8. The molecule has 0 spiro atoms. The summed E-state index contributed by atoms with van der Waals surface area (Å²) >= 11 is 0. The lowest BCUT2D eigenvalue weighted by molar-refractivity contribution is -0.170. The summed E-state index contributed by atoms with van der Waals surface area (Å²) in [5.74, 6) is -0.863. The number of aliphatic hydroxyl groups excluding tert-OH is 2. The van der Waals surface area contributed by atoms with Crippen molar-refractivity contribution in [2.24, 2.45) is 9.86 Å². The van der Waals surface area contributed by atoms with Crippen LogP contribution in [0.1, 0.15) is 25.6 Å². The summed E-state index contributed by atoms with van der Waals surface area (Å²) in [6, 6.07) is 15.9. The van der Waals surface area contributed by atoms with Crippen molar-refractivity contribution in [2.75, 3.05) is 6.61 Å². The van der Waals surface area contributed by atoms with E-state index in [9.17, 15) is 35.0 Å². The van der Waals surface area contributed by atoms with Crippen LogP contribution in [0.4, 0.5) is 0 Å². The number of nitrogens with one attached hydrogen (secondary N) is 1. The van der Waals surface area contributed by atoms with E-state index in [-0.39, 0.29) is 18.1 Å². The Morgan fingerprint density at radius 2 is 1.84 bits per heavy atom. The van der Waals surface area contributed by atoms with E-state index in [1.165, 1.54) is 32.0 Å². The molecule has 0 radical (unpaired) electrons. The molecule has 3 aromatic rings. The average molecular weight is 615 g/mol. The summed E-state index contributed by atoms with van der Waals surface area (Å²) in [5.41, 5.74) is 4.52. The smallest absolute Gasteiger partial charge is 0.395 e.